The van der Waals surface area contributed by atoms with Crippen LogP contribution in [0.5, 0.6) is 0 Å². The molecule has 1 spiro atoms. The van der Waals surface area contributed by atoms with E-state index in [9.17, 15) is 9.90 Å². The van der Waals surface area contributed by atoms with Crippen molar-refractivity contribution >= 4 is 34.2 Å². The van der Waals surface area contributed by atoms with Gasteiger partial charge in [-0.15, -0.1) is 12.4 Å². The average Bonchev–Trinajstić information content (AvgIpc) is 3.03. The van der Waals surface area contributed by atoms with Gasteiger partial charge < -0.3 is 19.7 Å². The molecule has 21 heavy (non-hydrogen) atoms. The molecule has 0 radical (unpaired) electrons. The zero-order valence-electron chi connectivity index (χ0n) is 11.7. The van der Waals surface area contributed by atoms with Crippen molar-refractivity contribution in [1.29, 1.82) is 0 Å². The molecule has 1 aromatic heterocycles. The van der Waals surface area contributed by atoms with Crippen molar-refractivity contribution in [2.75, 3.05) is 32.8 Å². The molecule has 2 saturated heterocycles. The third-order valence-corrected chi connectivity index (χ3v) is 5.13. The van der Waals surface area contributed by atoms with E-state index in [4.69, 9.17) is 4.42 Å². The number of piperidine rings is 1. The number of furan rings is 1. The summed E-state index contributed by atoms with van der Waals surface area (Å²) in [5.74, 6) is 0.455. The first-order valence-electron chi connectivity index (χ1n) is 7.01. The zero-order valence-corrected chi connectivity index (χ0v) is 14.1. The highest BCUT2D eigenvalue weighted by Crippen LogP contribution is 2.43. The van der Waals surface area contributed by atoms with Crippen LogP contribution in [0.4, 0.5) is 0 Å². The Morgan fingerprint density at radius 2 is 2.19 bits per heavy atom. The number of aliphatic hydroxyl groups excluding tert-OH is 1. The normalized spacial score (nSPS) is 24.1. The Morgan fingerprint density at radius 1 is 1.48 bits per heavy atom. The molecule has 0 aromatic carbocycles. The molecule has 3 heterocycles. The summed E-state index contributed by atoms with van der Waals surface area (Å²) >= 11 is 3.22. The van der Waals surface area contributed by atoms with E-state index in [1.54, 1.807) is 12.1 Å². The number of nitrogens with zero attached hydrogens (tertiary/aromatic N) is 1. The Hall–Kier alpha value is -0.560. The summed E-state index contributed by atoms with van der Waals surface area (Å²) in [5.41, 5.74) is 0.0689. The molecule has 118 valence electrons. The topological polar surface area (TPSA) is 65.7 Å². The first kappa shape index (κ1) is 16.8. The van der Waals surface area contributed by atoms with Gasteiger partial charge in [0.05, 0.1) is 0 Å². The van der Waals surface area contributed by atoms with Crippen LogP contribution >= 0.6 is 28.3 Å². The molecular weight excluding hydrogens is 360 g/mol. The highest BCUT2D eigenvalue weighted by molar-refractivity contribution is 9.10. The van der Waals surface area contributed by atoms with E-state index in [0.29, 0.717) is 17.0 Å². The number of likely N-dealkylation sites (tertiary alicyclic amines) is 1. The van der Waals surface area contributed by atoms with Crippen LogP contribution in [0.1, 0.15) is 23.4 Å². The van der Waals surface area contributed by atoms with Crippen LogP contribution in [0.25, 0.3) is 0 Å². The summed E-state index contributed by atoms with van der Waals surface area (Å²) in [6.45, 7) is 3.41. The van der Waals surface area contributed by atoms with Crippen molar-refractivity contribution < 1.29 is 14.3 Å². The molecule has 1 atom stereocenters. The summed E-state index contributed by atoms with van der Waals surface area (Å²) in [6, 6.07) is 3.42. The first-order valence-corrected chi connectivity index (χ1v) is 7.80. The smallest absolute Gasteiger partial charge is 0.289 e. The molecular formula is C14H20BrClN2O3. The summed E-state index contributed by atoms with van der Waals surface area (Å²) in [4.78, 5) is 14.3. The van der Waals surface area contributed by atoms with Gasteiger partial charge in [0.15, 0.2) is 10.4 Å². The maximum atomic E-state index is 12.5. The summed E-state index contributed by atoms with van der Waals surface area (Å²) < 4.78 is 5.92. The average molecular weight is 380 g/mol. The Morgan fingerprint density at radius 3 is 2.76 bits per heavy atom. The maximum Gasteiger partial charge on any atom is 0.289 e. The highest BCUT2D eigenvalue weighted by atomic mass is 79.9. The molecule has 2 fully saturated rings. The largest absolute Gasteiger partial charge is 0.444 e. The third kappa shape index (κ3) is 3.13. The van der Waals surface area contributed by atoms with Crippen LogP contribution in [-0.2, 0) is 0 Å². The molecule has 5 nitrogen and oxygen atoms in total. The fourth-order valence-corrected chi connectivity index (χ4v) is 3.82. The molecule has 2 N–H and O–H groups in total. The molecule has 7 heteroatoms. The number of hydrogen-bond donors (Lipinski definition) is 2. The van der Waals surface area contributed by atoms with Gasteiger partial charge in [0.25, 0.3) is 5.91 Å². The fraction of sp³-hybridized carbons (Fsp3) is 0.643. The van der Waals surface area contributed by atoms with Crippen molar-refractivity contribution in [1.82, 2.24) is 10.2 Å². The molecule has 3 rings (SSSR count). The van der Waals surface area contributed by atoms with Gasteiger partial charge in [-0.1, -0.05) is 0 Å². The van der Waals surface area contributed by atoms with E-state index < -0.39 is 0 Å². The SMILES string of the molecule is Cl.O=C(c1ccc(Br)o1)N1CC(CO)C2(CCNCC2)C1. The van der Waals surface area contributed by atoms with Crippen LogP contribution in [0, 0.1) is 11.3 Å². The lowest BCUT2D eigenvalue weighted by atomic mass is 9.71. The minimum Gasteiger partial charge on any atom is -0.444 e. The lowest BCUT2D eigenvalue weighted by molar-refractivity contribution is 0.0724. The van der Waals surface area contributed by atoms with Crippen LogP contribution in [0.2, 0.25) is 0 Å². The molecule has 1 aromatic rings. The number of carbonyl (C=O) groups excluding carboxylic acids is 1. The van der Waals surface area contributed by atoms with E-state index >= 15 is 0 Å². The Labute approximate surface area is 138 Å². The second kappa shape index (κ2) is 6.69. The van der Waals surface area contributed by atoms with Gasteiger partial charge in [-0.05, 0) is 59.4 Å². The minimum atomic E-state index is -0.0791. The second-order valence-electron chi connectivity index (χ2n) is 5.78. The predicted octanol–water partition coefficient (Wildman–Crippen LogP) is 1.90. The molecule has 2 aliphatic heterocycles. The molecule has 2 aliphatic rings. The number of rotatable bonds is 2. The molecule has 1 unspecified atom stereocenters. The summed E-state index contributed by atoms with van der Waals surface area (Å²) in [5, 5.41) is 13.0. The Balaban J connectivity index is 0.00000161. The van der Waals surface area contributed by atoms with Gasteiger partial charge in [-0.25, -0.2) is 0 Å². The van der Waals surface area contributed by atoms with Gasteiger partial charge in [-0.2, -0.15) is 0 Å². The van der Waals surface area contributed by atoms with Crippen molar-refractivity contribution in [2.24, 2.45) is 11.3 Å². The first-order chi connectivity index (χ1) is 9.64. The highest BCUT2D eigenvalue weighted by Gasteiger charge is 2.48. The van der Waals surface area contributed by atoms with E-state index in [1.807, 2.05) is 4.90 Å². The predicted molar refractivity (Wildman–Crippen MR) is 84.7 cm³/mol. The lowest BCUT2D eigenvalue weighted by Gasteiger charge is -2.37. The van der Waals surface area contributed by atoms with Gasteiger partial charge in [0.2, 0.25) is 0 Å². The molecule has 0 bridgehead atoms. The van der Waals surface area contributed by atoms with Gasteiger partial charge in [-0.3, -0.25) is 4.79 Å². The molecule has 1 amide bonds. The number of nitrogens with one attached hydrogen (secondary N) is 1. The number of amides is 1. The molecule has 0 aliphatic carbocycles. The number of halogens is 2. The van der Waals surface area contributed by atoms with E-state index in [0.717, 1.165) is 32.5 Å². The number of aliphatic hydroxyl groups is 1. The monoisotopic (exact) mass is 378 g/mol. The number of carbonyl (C=O) groups is 1. The Bertz CT molecular complexity index is 502. The van der Waals surface area contributed by atoms with Gasteiger partial charge in [0, 0.05) is 25.6 Å². The summed E-state index contributed by atoms with van der Waals surface area (Å²) in [7, 11) is 0. The van der Waals surface area contributed by atoms with Gasteiger partial charge in [0.1, 0.15) is 0 Å². The summed E-state index contributed by atoms with van der Waals surface area (Å²) in [6.07, 6.45) is 2.04. The van der Waals surface area contributed by atoms with E-state index in [-0.39, 0.29) is 36.3 Å². The standard InChI is InChI=1S/C14H19BrN2O3.ClH/c15-12-2-1-11(20-12)13(19)17-7-10(8-18)14(9-17)3-5-16-6-4-14;/h1-2,10,16,18H,3-9H2;1H. The van der Waals surface area contributed by atoms with Crippen molar-refractivity contribution in [3.8, 4) is 0 Å². The van der Waals surface area contributed by atoms with Crippen LogP contribution in [0.15, 0.2) is 21.2 Å². The fourth-order valence-electron chi connectivity index (χ4n) is 3.52. The number of hydrogen-bond acceptors (Lipinski definition) is 4. The lowest BCUT2D eigenvalue weighted by Crippen LogP contribution is -2.43. The minimum absolute atomic E-state index is 0. The van der Waals surface area contributed by atoms with Crippen molar-refractivity contribution in [2.45, 2.75) is 12.8 Å². The molecule has 0 saturated carbocycles. The van der Waals surface area contributed by atoms with Crippen molar-refractivity contribution in [3.05, 3.63) is 22.6 Å². The zero-order chi connectivity index (χ0) is 14.2. The van der Waals surface area contributed by atoms with E-state index in [1.165, 1.54) is 0 Å². The maximum absolute atomic E-state index is 12.5. The van der Waals surface area contributed by atoms with Crippen LogP contribution < -0.4 is 5.32 Å². The third-order valence-electron chi connectivity index (χ3n) is 4.70. The quantitative estimate of drug-likeness (QED) is 0.824. The Kier molecular flexibility index (Phi) is 5.35. The van der Waals surface area contributed by atoms with Crippen LogP contribution in [0.3, 0.4) is 0 Å². The van der Waals surface area contributed by atoms with E-state index in [2.05, 4.69) is 21.2 Å². The van der Waals surface area contributed by atoms with Gasteiger partial charge >= 0.3 is 0 Å². The van der Waals surface area contributed by atoms with Crippen LogP contribution in [-0.4, -0.2) is 48.7 Å². The van der Waals surface area contributed by atoms with Crippen molar-refractivity contribution in [3.63, 3.8) is 0 Å². The second-order valence-corrected chi connectivity index (χ2v) is 6.56.